The number of rotatable bonds is 7. The lowest BCUT2D eigenvalue weighted by atomic mass is 9.88. The molecule has 0 unspecified atom stereocenters. The molecule has 4 atom stereocenters. The molecule has 0 spiro atoms. The second kappa shape index (κ2) is 19.8. The van der Waals surface area contributed by atoms with Gasteiger partial charge < -0.3 is 26.0 Å². The summed E-state index contributed by atoms with van der Waals surface area (Å²) in [4.78, 5) is 59.2. The number of anilines is 2. The molecule has 2 aliphatic heterocycles. The molecule has 0 aliphatic carbocycles. The first-order valence-corrected chi connectivity index (χ1v) is 19.5. The summed E-state index contributed by atoms with van der Waals surface area (Å²) in [6, 6.07) is 42.8. The van der Waals surface area contributed by atoms with Gasteiger partial charge in [0.15, 0.2) is 0 Å². The molecule has 6 aromatic rings. The summed E-state index contributed by atoms with van der Waals surface area (Å²) in [6.07, 6.45) is 7.12. The van der Waals surface area contributed by atoms with Gasteiger partial charge in [-0.15, -0.1) is 0 Å². The highest BCUT2D eigenvalue weighted by Gasteiger charge is 2.40. The van der Waals surface area contributed by atoms with Gasteiger partial charge in [-0.2, -0.15) is 0 Å². The number of aromatic nitrogens is 2. The standard InChI is InChI=1S/C24H23N3O2.C13H15NO3.C11H10N2/c1-17(28)27-15-22(18-7-3-2-4-8-18)23(16-27)24(29)26-21-11-5-9-19(13-21)20-10-6-12-25-14-20;1-9(15)14-7-11(12(8-14)13(16)17)10-5-3-2-4-6-10;12-11-5-1-3-9(7-11)10-4-2-6-13-8-10/h2-14,22-23H,15-16H2,1H3,(H,26,29);2-6,11-12H,7-8H2,1H3,(H,16,17);1-8H,12H2/t22-,23+;11-,12+;/m00./s1. The van der Waals surface area contributed by atoms with Crippen LogP contribution >= 0.6 is 0 Å². The van der Waals surface area contributed by atoms with Crippen LogP contribution in [0.4, 0.5) is 11.4 Å². The first kappa shape index (κ1) is 41.5. The van der Waals surface area contributed by atoms with E-state index in [-0.39, 0.29) is 35.5 Å². The van der Waals surface area contributed by atoms with E-state index in [0.29, 0.717) is 26.2 Å². The van der Waals surface area contributed by atoms with E-state index in [9.17, 15) is 24.3 Å². The predicted molar refractivity (Wildman–Crippen MR) is 230 cm³/mol. The maximum Gasteiger partial charge on any atom is 0.308 e. The second-order valence-electron chi connectivity index (χ2n) is 14.6. The van der Waals surface area contributed by atoms with E-state index < -0.39 is 11.9 Å². The Morgan fingerprint density at radius 2 is 1.05 bits per heavy atom. The van der Waals surface area contributed by atoms with E-state index in [1.54, 1.807) is 35.3 Å². The molecule has 0 radical (unpaired) electrons. The van der Waals surface area contributed by atoms with Gasteiger partial charge in [0.1, 0.15) is 0 Å². The number of nitrogens with zero attached hydrogens (tertiary/aromatic N) is 4. The van der Waals surface area contributed by atoms with Crippen molar-refractivity contribution in [3.8, 4) is 22.3 Å². The summed E-state index contributed by atoms with van der Waals surface area (Å²) in [5, 5.41) is 12.3. The van der Waals surface area contributed by atoms with Crippen molar-refractivity contribution in [3.63, 3.8) is 0 Å². The smallest absolute Gasteiger partial charge is 0.308 e. The van der Waals surface area contributed by atoms with Crippen molar-refractivity contribution in [2.45, 2.75) is 25.7 Å². The van der Waals surface area contributed by atoms with Crippen LogP contribution in [0.1, 0.15) is 36.8 Å². The molecule has 59 heavy (non-hydrogen) atoms. The molecule has 2 aromatic heterocycles. The number of aliphatic carboxylic acids is 1. The molecule has 11 nitrogen and oxygen atoms in total. The molecular weight excluding hydrogens is 741 g/mol. The van der Waals surface area contributed by atoms with E-state index in [1.165, 1.54) is 6.92 Å². The summed E-state index contributed by atoms with van der Waals surface area (Å²) in [5.41, 5.74) is 13.5. The summed E-state index contributed by atoms with van der Waals surface area (Å²) in [6.45, 7) is 4.84. The van der Waals surface area contributed by atoms with Crippen LogP contribution in [0.3, 0.4) is 0 Å². The van der Waals surface area contributed by atoms with Crippen LogP contribution in [0.5, 0.6) is 0 Å². The molecule has 2 fully saturated rings. The van der Waals surface area contributed by atoms with Crippen LogP contribution in [0.25, 0.3) is 22.3 Å². The number of amides is 3. The Morgan fingerprint density at radius 1 is 0.576 bits per heavy atom. The highest BCUT2D eigenvalue weighted by atomic mass is 16.4. The SMILES string of the molecule is CC(=O)N1C[C@@H](C(=O)Nc2cccc(-c3cccnc3)c2)[C@H](c2ccccc2)C1.CC(=O)N1C[C@@H](C(=O)O)[C@H](c2ccccc2)C1.Nc1cccc(-c2cccnc2)c1. The average Bonchev–Trinajstić information content (AvgIpc) is 3.93. The maximum absolute atomic E-state index is 13.2. The Kier molecular flexibility index (Phi) is 13.9. The Labute approximate surface area is 344 Å². The van der Waals surface area contributed by atoms with Crippen molar-refractivity contribution in [2.75, 3.05) is 37.2 Å². The van der Waals surface area contributed by atoms with Gasteiger partial charge in [-0.05, 0) is 58.7 Å². The topological polar surface area (TPSA) is 159 Å². The number of carboxylic acids is 1. The molecule has 0 bridgehead atoms. The fraction of sp³-hybridized carbons (Fsp3) is 0.208. The summed E-state index contributed by atoms with van der Waals surface area (Å²) in [7, 11) is 0. The average molecular weight is 789 g/mol. The van der Waals surface area contributed by atoms with Crippen LogP contribution in [0.15, 0.2) is 158 Å². The number of likely N-dealkylation sites (tertiary alicyclic amines) is 2. The van der Waals surface area contributed by atoms with Crippen molar-refractivity contribution in [2.24, 2.45) is 11.8 Å². The number of hydrogen-bond donors (Lipinski definition) is 3. The molecule has 3 amide bonds. The van der Waals surface area contributed by atoms with Gasteiger partial charge in [-0.25, -0.2) is 0 Å². The third-order valence-electron chi connectivity index (χ3n) is 10.6. The number of carbonyl (C=O) groups is 4. The van der Waals surface area contributed by atoms with E-state index >= 15 is 0 Å². The molecule has 8 rings (SSSR count). The number of carbonyl (C=O) groups excluding carboxylic acids is 3. The Balaban J connectivity index is 0.000000165. The van der Waals surface area contributed by atoms with Crippen molar-refractivity contribution in [3.05, 3.63) is 169 Å². The number of benzene rings is 4. The minimum absolute atomic E-state index is 0.000180. The van der Waals surface area contributed by atoms with Crippen LogP contribution in [0.2, 0.25) is 0 Å². The fourth-order valence-corrected chi connectivity index (χ4v) is 7.51. The number of nitrogens with two attached hydrogens (primary N) is 1. The van der Waals surface area contributed by atoms with Gasteiger partial charge in [0.25, 0.3) is 0 Å². The number of nitrogens with one attached hydrogen (secondary N) is 1. The molecular formula is C48H48N6O5. The van der Waals surface area contributed by atoms with E-state index in [2.05, 4.69) is 15.3 Å². The maximum atomic E-state index is 13.2. The van der Waals surface area contributed by atoms with Gasteiger partial charge in [-0.1, -0.05) is 97.1 Å². The lowest BCUT2D eigenvalue weighted by molar-refractivity contribution is -0.142. The van der Waals surface area contributed by atoms with Crippen molar-refractivity contribution in [1.82, 2.24) is 19.8 Å². The van der Waals surface area contributed by atoms with E-state index in [1.807, 2.05) is 140 Å². The van der Waals surface area contributed by atoms with Gasteiger partial charge in [0.2, 0.25) is 17.7 Å². The first-order valence-electron chi connectivity index (χ1n) is 19.5. The molecule has 4 aromatic carbocycles. The molecule has 300 valence electrons. The monoisotopic (exact) mass is 788 g/mol. The number of pyridine rings is 2. The molecule has 0 saturated carbocycles. The van der Waals surface area contributed by atoms with E-state index in [4.69, 9.17) is 5.73 Å². The van der Waals surface area contributed by atoms with Gasteiger partial charge >= 0.3 is 5.97 Å². The quantitative estimate of drug-likeness (QED) is 0.140. The van der Waals surface area contributed by atoms with Crippen LogP contribution in [0, 0.1) is 11.8 Å². The number of nitrogen functional groups attached to an aromatic ring is 1. The summed E-state index contributed by atoms with van der Waals surface area (Å²) in [5.74, 6) is -1.85. The highest BCUT2D eigenvalue weighted by molar-refractivity contribution is 5.95. The van der Waals surface area contributed by atoms with Gasteiger partial charge in [0, 0.05) is 99.2 Å². The van der Waals surface area contributed by atoms with Crippen LogP contribution in [-0.2, 0) is 19.2 Å². The van der Waals surface area contributed by atoms with Gasteiger partial charge in [0.05, 0.1) is 11.8 Å². The van der Waals surface area contributed by atoms with Crippen LogP contribution in [-0.4, -0.2) is 74.7 Å². The highest BCUT2D eigenvalue weighted by Crippen LogP contribution is 2.35. The normalized spacial score (nSPS) is 18.1. The molecule has 4 heterocycles. The lowest BCUT2D eigenvalue weighted by Crippen LogP contribution is -2.30. The Bertz CT molecular complexity index is 2330. The lowest BCUT2D eigenvalue weighted by Gasteiger charge is -2.18. The molecule has 2 saturated heterocycles. The summed E-state index contributed by atoms with van der Waals surface area (Å²) >= 11 is 0. The number of carboxylic acid groups (broad SMARTS) is 1. The van der Waals surface area contributed by atoms with E-state index in [0.717, 1.165) is 44.8 Å². The first-order chi connectivity index (χ1) is 28.6. The fourth-order valence-electron chi connectivity index (χ4n) is 7.51. The van der Waals surface area contributed by atoms with Crippen molar-refractivity contribution in [1.29, 1.82) is 0 Å². The second-order valence-corrected chi connectivity index (χ2v) is 14.6. The summed E-state index contributed by atoms with van der Waals surface area (Å²) < 4.78 is 0. The number of hydrogen-bond acceptors (Lipinski definition) is 7. The largest absolute Gasteiger partial charge is 0.481 e. The zero-order valence-electron chi connectivity index (χ0n) is 33.1. The third-order valence-corrected chi connectivity index (χ3v) is 10.6. The third kappa shape index (κ3) is 11.0. The zero-order valence-corrected chi connectivity index (χ0v) is 33.1. The molecule has 11 heteroatoms. The Morgan fingerprint density at radius 3 is 1.53 bits per heavy atom. The van der Waals surface area contributed by atoms with Crippen LogP contribution < -0.4 is 11.1 Å². The van der Waals surface area contributed by atoms with Gasteiger partial charge in [-0.3, -0.25) is 29.1 Å². The molecule has 2 aliphatic rings. The Hall–Kier alpha value is -7.14. The minimum Gasteiger partial charge on any atom is -0.481 e. The van der Waals surface area contributed by atoms with Crippen molar-refractivity contribution >= 4 is 35.1 Å². The van der Waals surface area contributed by atoms with Crippen molar-refractivity contribution < 1.29 is 24.3 Å². The molecule has 4 N–H and O–H groups in total. The minimum atomic E-state index is -0.831. The predicted octanol–water partition coefficient (Wildman–Crippen LogP) is 7.61. The zero-order chi connectivity index (χ0) is 41.7.